The van der Waals surface area contributed by atoms with Gasteiger partial charge in [0.1, 0.15) is 11.3 Å². The zero-order chi connectivity index (χ0) is 75.4. The van der Waals surface area contributed by atoms with E-state index in [2.05, 4.69) is 373 Å². The number of hydrogen-bond donors (Lipinski definition) is 0. The van der Waals surface area contributed by atoms with Gasteiger partial charge >= 0.3 is 0 Å². The van der Waals surface area contributed by atoms with Crippen LogP contribution in [0.15, 0.2) is 401 Å². The molecule has 532 valence electrons. The summed E-state index contributed by atoms with van der Waals surface area (Å²) < 4.78 is 4.40. The molecule has 0 N–H and O–H groups in total. The van der Waals surface area contributed by atoms with Gasteiger partial charge in [-0.1, -0.05) is 340 Å². The third-order valence-corrected chi connectivity index (χ3v) is 21.7. The number of fused-ring (bicyclic) bond motifs is 16. The molecule has 0 aliphatic rings. The van der Waals surface area contributed by atoms with Gasteiger partial charge in [0, 0.05) is 67.3 Å². The van der Waals surface area contributed by atoms with Crippen molar-refractivity contribution in [2.45, 2.75) is 0 Å². The minimum atomic E-state index is 0.622. The molecule has 22 rings (SSSR count). The lowest BCUT2D eigenvalue weighted by molar-refractivity contribution is 1.07. The summed E-state index contributed by atoms with van der Waals surface area (Å²) in [6.45, 7) is 0. The van der Waals surface area contributed by atoms with Crippen molar-refractivity contribution in [3.63, 3.8) is 0 Å². The molecule has 0 saturated carbocycles. The van der Waals surface area contributed by atoms with E-state index in [-0.39, 0.29) is 0 Å². The van der Waals surface area contributed by atoms with Crippen LogP contribution in [0.5, 0.6) is 0 Å². The number of imidazole rings is 2. The Morgan fingerprint density at radius 1 is 0.140 bits per heavy atom. The molecule has 0 aliphatic heterocycles. The van der Waals surface area contributed by atoms with E-state index in [1.807, 2.05) is 36.4 Å². The molecule has 114 heavy (non-hydrogen) atoms. The van der Waals surface area contributed by atoms with E-state index < -0.39 is 0 Å². The lowest BCUT2D eigenvalue weighted by atomic mass is 9.95. The SMILES string of the molecule is c1ccc(-c2ccc(-c3nc(-c4ccc(-c5ccccc5)cc4)nc(-c4ccc(-c5ccc6c(c5)c5ccccc5c5nc7ccccn7c65)cc4)n3)cc2)cc1.c1ccc(-c2cccc(-c3nc(-c4ccc(-c5ccc6c(c5)c5ccccc5c5nc7ccccn7c65)cc4)nc(-c4cccc(-c5ccccc5)c4)n3)c2)cc1. The van der Waals surface area contributed by atoms with E-state index in [0.717, 1.165) is 133 Å². The normalized spacial score (nSPS) is 11.5. The summed E-state index contributed by atoms with van der Waals surface area (Å²) in [4.78, 5) is 40.6. The van der Waals surface area contributed by atoms with Gasteiger partial charge in [0.25, 0.3) is 0 Å². The van der Waals surface area contributed by atoms with Gasteiger partial charge < -0.3 is 0 Å². The van der Waals surface area contributed by atoms with Crippen molar-refractivity contribution in [2.75, 3.05) is 0 Å². The van der Waals surface area contributed by atoms with Crippen LogP contribution in [0, 0.1) is 0 Å². The second-order valence-electron chi connectivity index (χ2n) is 28.6. The standard InChI is InChI=1S/2C52H33N5/c1-3-13-34(14-4-1)38-17-11-19-41(31-38)51-54-50(55-52(56-51)42-20-12-18-39(32-42)35-15-5-2-6-16-35)37-26-24-36(25-27-37)40-28-29-45-46(33-40)43-21-7-8-22-44(43)48-49(45)57-30-10-9-23-47(57)53-48;1-3-11-34(12-4-1)36-18-24-39(25-19-36)50-54-51(40-26-20-37(21-27-40)35-13-5-2-6-14-35)56-52(55-50)41-28-22-38(23-29-41)42-30-31-45-46(33-42)43-15-7-8-16-44(43)48-49(45)57-32-10-9-17-47(57)53-48/h2*1-33H. The van der Waals surface area contributed by atoms with Crippen LogP contribution in [-0.4, -0.2) is 48.7 Å². The van der Waals surface area contributed by atoms with Gasteiger partial charge in [-0.3, -0.25) is 8.80 Å². The number of benzene rings is 16. The predicted molar refractivity (Wildman–Crippen MR) is 467 cm³/mol. The number of aromatic nitrogens is 10. The first-order chi connectivity index (χ1) is 56.5. The van der Waals surface area contributed by atoms with E-state index in [9.17, 15) is 0 Å². The smallest absolute Gasteiger partial charge is 0.164 e. The summed E-state index contributed by atoms with van der Waals surface area (Å²) in [5.74, 6) is 3.76. The molecule has 16 aromatic carbocycles. The molecule has 0 atom stereocenters. The molecule has 10 heteroatoms. The minimum Gasteiger partial charge on any atom is -0.299 e. The monoisotopic (exact) mass is 1450 g/mol. The van der Waals surface area contributed by atoms with Gasteiger partial charge in [-0.05, 0) is 137 Å². The first-order valence-electron chi connectivity index (χ1n) is 38.3. The zero-order valence-corrected chi connectivity index (χ0v) is 61.6. The number of pyridine rings is 2. The van der Waals surface area contributed by atoms with Crippen molar-refractivity contribution in [3.8, 4) is 135 Å². The first kappa shape index (κ1) is 66.7. The van der Waals surface area contributed by atoms with Gasteiger partial charge in [0.15, 0.2) is 34.9 Å². The van der Waals surface area contributed by atoms with Crippen molar-refractivity contribution in [2.24, 2.45) is 0 Å². The summed E-state index contributed by atoms with van der Waals surface area (Å²) in [5, 5.41) is 9.47. The maximum atomic E-state index is 5.11. The molecule has 0 amide bonds. The van der Waals surface area contributed by atoms with Crippen LogP contribution in [0.4, 0.5) is 0 Å². The Bertz CT molecular complexity index is 7210. The van der Waals surface area contributed by atoms with Crippen molar-refractivity contribution in [3.05, 3.63) is 401 Å². The van der Waals surface area contributed by atoms with Crippen LogP contribution in [0.25, 0.3) is 212 Å². The molecule has 0 saturated heterocycles. The highest BCUT2D eigenvalue weighted by Gasteiger charge is 2.21. The first-order valence-corrected chi connectivity index (χ1v) is 38.3. The van der Waals surface area contributed by atoms with Crippen LogP contribution in [0.2, 0.25) is 0 Å². The van der Waals surface area contributed by atoms with Gasteiger partial charge in [-0.25, -0.2) is 39.9 Å². The molecule has 6 heterocycles. The van der Waals surface area contributed by atoms with Crippen LogP contribution in [0.3, 0.4) is 0 Å². The topological polar surface area (TPSA) is 112 Å². The molecule has 0 spiro atoms. The summed E-state index contributed by atoms with van der Waals surface area (Å²) in [6.07, 6.45) is 4.20. The van der Waals surface area contributed by atoms with Crippen molar-refractivity contribution >= 4 is 76.5 Å². The van der Waals surface area contributed by atoms with E-state index in [4.69, 9.17) is 39.9 Å². The summed E-state index contributed by atoms with van der Waals surface area (Å²) >= 11 is 0. The highest BCUT2D eigenvalue weighted by Crippen LogP contribution is 2.42. The van der Waals surface area contributed by atoms with Crippen molar-refractivity contribution in [1.82, 2.24) is 48.7 Å². The zero-order valence-electron chi connectivity index (χ0n) is 61.6. The fourth-order valence-corrected chi connectivity index (χ4v) is 16.0. The Hall–Kier alpha value is -15.5. The lowest BCUT2D eigenvalue weighted by Crippen LogP contribution is -2.00. The Morgan fingerprint density at radius 2 is 0.377 bits per heavy atom. The average molecular weight is 1460 g/mol. The third kappa shape index (κ3) is 12.4. The highest BCUT2D eigenvalue weighted by atomic mass is 15.0. The lowest BCUT2D eigenvalue weighted by Gasteiger charge is -2.12. The molecular weight excluding hydrogens is 1390 g/mol. The fraction of sp³-hybridized carbons (Fsp3) is 0. The molecule has 0 fully saturated rings. The van der Waals surface area contributed by atoms with Gasteiger partial charge in [-0.15, -0.1) is 0 Å². The Kier molecular flexibility index (Phi) is 16.7. The van der Waals surface area contributed by atoms with Gasteiger partial charge in [0.05, 0.1) is 22.1 Å². The average Bonchev–Trinajstić information content (AvgIpc) is 1.67. The fourth-order valence-electron chi connectivity index (χ4n) is 16.0. The van der Waals surface area contributed by atoms with Crippen LogP contribution in [-0.2, 0) is 0 Å². The van der Waals surface area contributed by atoms with Gasteiger partial charge in [-0.2, -0.15) is 0 Å². The summed E-state index contributed by atoms with van der Waals surface area (Å²) in [6, 6.07) is 136. The van der Waals surface area contributed by atoms with Crippen molar-refractivity contribution in [1.29, 1.82) is 0 Å². The predicted octanol–water partition coefficient (Wildman–Crippen LogP) is 26.0. The molecule has 0 aliphatic carbocycles. The Labute approximate surface area is 656 Å². The van der Waals surface area contributed by atoms with E-state index in [1.165, 1.54) is 43.4 Å². The van der Waals surface area contributed by atoms with E-state index in [0.29, 0.717) is 34.9 Å². The van der Waals surface area contributed by atoms with Crippen LogP contribution >= 0.6 is 0 Å². The number of rotatable bonds is 12. The van der Waals surface area contributed by atoms with E-state index in [1.54, 1.807) is 0 Å². The van der Waals surface area contributed by atoms with E-state index >= 15 is 0 Å². The third-order valence-electron chi connectivity index (χ3n) is 21.7. The second-order valence-corrected chi connectivity index (χ2v) is 28.6. The molecule has 0 unspecified atom stereocenters. The van der Waals surface area contributed by atoms with Crippen LogP contribution < -0.4 is 0 Å². The maximum absolute atomic E-state index is 5.11. The molecule has 0 radical (unpaired) electrons. The Balaban J connectivity index is 0.000000143. The quantitative estimate of drug-likeness (QED) is 0.111. The second kappa shape index (κ2) is 28.5. The number of hydrogen-bond acceptors (Lipinski definition) is 8. The van der Waals surface area contributed by atoms with Crippen molar-refractivity contribution < 1.29 is 0 Å². The maximum Gasteiger partial charge on any atom is 0.164 e. The summed E-state index contributed by atoms with van der Waals surface area (Å²) in [5.41, 5.74) is 25.4. The Morgan fingerprint density at radius 3 is 0.719 bits per heavy atom. The molecule has 0 bridgehead atoms. The van der Waals surface area contributed by atoms with Gasteiger partial charge in [0.2, 0.25) is 0 Å². The largest absolute Gasteiger partial charge is 0.299 e. The molecule has 6 aromatic heterocycles. The molecule has 22 aromatic rings. The number of nitrogens with zero attached hydrogens (tertiary/aromatic N) is 10. The minimum absolute atomic E-state index is 0.622. The highest BCUT2D eigenvalue weighted by molar-refractivity contribution is 6.26. The molecular formula is C104H66N10. The molecule has 10 nitrogen and oxygen atoms in total. The summed E-state index contributed by atoms with van der Waals surface area (Å²) in [7, 11) is 0. The van der Waals surface area contributed by atoms with Crippen LogP contribution in [0.1, 0.15) is 0 Å².